The van der Waals surface area contributed by atoms with E-state index >= 15 is 0 Å². The average Bonchev–Trinajstić information content (AvgIpc) is 2.67. The zero-order chi connectivity index (χ0) is 11.0. The van der Waals surface area contributed by atoms with Crippen molar-refractivity contribution in [1.82, 2.24) is 4.98 Å². The first kappa shape index (κ1) is 9.33. The number of furan rings is 1. The van der Waals surface area contributed by atoms with E-state index in [1.165, 1.54) is 0 Å². The Hall–Kier alpha value is -1.90. The van der Waals surface area contributed by atoms with Crippen LogP contribution < -0.4 is 4.57 Å². The molecule has 80 valence electrons. The van der Waals surface area contributed by atoms with Crippen molar-refractivity contribution in [2.75, 3.05) is 0 Å². The molecular weight excluding hydrogens is 200 g/mol. The molecule has 3 heteroatoms. The molecule has 0 aromatic carbocycles. The maximum Gasteiger partial charge on any atom is 0.227 e. The van der Waals surface area contributed by atoms with Crippen LogP contribution in [0.1, 0.15) is 13.3 Å². The van der Waals surface area contributed by atoms with E-state index in [0.717, 1.165) is 29.3 Å². The highest BCUT2D eigenvalue weighted by atomic mass is 16.3. The van der Waals surface area contributed by atoms with Crippen LogP contribution in [0.5, 0.6) is 0 Å². The van der Waals surface area contributed by atoms with Crippen LogP contribution in [0.3, 0.4) is 0 Å². The van der Waals surface area contributed by atoms with E-state index in [9.17, 15) is 0 Å². The first-order valence-corrected chi connectivity index (χ1v) is 5.55. The molecule has 0 saturated heterocycles. The standard InChI is InChI=1S/C13H13N2O/c1-2-7-15-8-5-10-11-4-3-6-14-13(11)16-12(10)9-15/h3-6,8-9H,2,7H2,1H3/q+1. The third-order valence-electron chi connectivity index (χ3n) is 2.73. The van der Waals surface area contributed by atoms with Gasteiger partial charge >= 0.3 is 0 Å². The zero-order valence-corrected chi connectivity index (χ0v) is 9.18. The number of aryl methyl sites for hydroxylation is 1. The van der Waals surface area contributed by atoms with Gasteiger partial charge in [0.2, 0.25) is 17.5 Å². The van der Waals surface area contributed by atoms with E-state index in [0.29, 0.717) is 5.71 Å². The Balaban J connectivity index is 2.28. The average molecular weight is 213 g/mol. The second-order valence-corrected chi connectivity index (χ2v) is 3.92. The van der Waals surface area contributed by atoms with Crippen LogP contribution in [0, 0.1) is 0 Å². The summed E-state index contributed by atoms with van der Waals surface area (Å²) in [6, 6.07) is 6.07. The summed E-state index contributed by atoms with van der Waals surface area (Å²) in [5.41, 5.74) is 1.62. The van der Waals surface area contributed by atoms with Crippen molar-refractivity contribution in [1.29, 1.82) is 0 Å². The molecule has 0 radical (unpaired) electrons. The van der Waals surface area contributed by atoms with E-state index in [2.05, 4.69) is 28.7 Å². The van der Waals surface area contributed by atoms with Crippen molar-refractivity contribution < 1.29 is 8.98 Å². The molecule has 3 aromatic heterocycles. The van der Waals surface area contributed by atoms with E-state index < -0.39 is 0 Å². The fourth-order valence-electron chi connectivity index (χ4n) is 2.00. The smallest absolute Gasteiger partial charge is 0.227 e. The molecule has 3 rings (SSSR count). The molecule has 0 fully saturated rings. The normalized spacial score (nSPS) is 11.3. The maximum atomic E-state index is 5.71. The summed E-state index contributed by atoms with van der Waals surface area (Å²) in [6.07, 6.45) is 7.01. The largest absolute Gasteiger partial charge is 0.431 e. The highest BCUT2D eigenvalue weighted by molar-refractivity contribution is 6.02. The van der Waals surface area contributed by atoms with Crippen LogP contribution in [-0.2, 0) is 6.54 Å². The number of aromatic nitrogens is 2. The first-order valence-electron chi connectivity index (χ1n) is 5.55. The monoisotopic (exact) mass is 213 g/mol. The van der Waals surface area contributed by atoms with Crippen molar-refractivity contribution in [3.05, 3.63) is 36.8 Å². The Morgan fingerprint density at radius 3 is 3.12 bits per heavy atom. The molecule has 0 spiro atoms. The molecule has 16 heavy (non-hydrogen) atoms. The van der Waals surface area contributed by atoms with Gasteiger partial charge in [-0.15, -0.1) is 0 Å². The summed E-state index contributed by atoms with van der Waals surface area (Å²) in [5, 5.41) is 2.22. The Morgan fingerprint density at radius 2 is 2.25 bits per heavy atom. The van der Waals surface area contributed by atoms with Crippen LogP contribution >= 0.6 is 0 Å². The van der Waals surface area contributed by atoms with Gasteiger partial charge in [0.05, 0.1) is 0 Å². The van der Waals surface area contributed by atoms with Crippen molar-refractivity contribution >= 4 is 22.1 Å². The van der Waals surface area contributed by atoms with Gasteiger partial charge in [-0.1, -0.05) is 6.92 Å². The first-order chi connectivity index (χ1) is 7.88. The summed E-state index contributed by atoms with van der Waals surface area (Å²) >= 11 is 0. The number of hydrogen-bond acceptors (Lipinski definition) is 2. The highest BCUT2D eigenvalue weighted by Gasteiger charge is 2.10. The zero-order valence-electron chi connectivity index (χ0n) is 9.18. The summed E-state index contributed by atoms with van der Waals surface area (Å²) < 4.78 is 7.85. The molecule has 0 saturated carbocycles. The van der Waals surface area contributed by atoms with Crippen molar-refractivity contribution in [2.24, 2.45) is 0 Å². The van der Waals surface area contributed by atoms with E-state index in [1.54, 1.807) is 6.20 Å². The quantitative estimate of drug-likeness (QED) is 0.612. The van der Waals surface area contributed by atoms with Gasteiger partial charge in [0, 0.05) is 29.5 Å². The minimum absolute atomic E-state index is 0.715. The number of pyridine rings is 2. The molecule has 3 aromatic rings. The molecule has 0 amide bonds. The molecule has 3 heterocycles. The van der Waals surface area contributed by atoms with Gasteiger partial charge in [0.25, 0.3) is 0 Å². The molecule has 0 unspecified atom stereocenters. The second kappa shape index (κ2) is 3.59. The SMILES string of the molecule is CCC[n+]1ccc2c(c1)oc1ncccc12. The topological polar surface area (TPSA) is 29.9 Å². The molecule has 0 aliphatic rings. The summed E-state index contributed by atoms with van der Waals surface area (Å²) in [7, 11) is 0. The van der Waals surface area contributed by atoms with Gasteiger partial charge < -0.3 is 4.42 Å². The minimum Gasteiger partial charge on any atom is -0.431 e. The van der Waals surface area contributed by atoms with Crippen LogP contribution in [0.4, 0.5) is 0 Å². The Labute approximate surface area is 93.3 Å². The molecule has 3 nitrogen and oxygen atoms in total. The highest BCUT2D eigenvalue weighted by Crippen LogP contribution is 2.25. The summed E-state index contributed by atoms with van der Waals surface area (Å²) in [6.45, 7) is 3.18. The molecule has 0 aliphatic carbocycles. The van der Waals surface area contributed by atoms with E-state index in [1.807, 2.05) is 18.3 Å². The number of rotatable bonds is 2. The Morgan fingerprint density at radius 1 is 1.31 bits per heavy atom. The number of nitrogens with zero attached hydrogens (tertiary/aromatic N) is 2. The fraction of sp³-hybridized carbons (Fsp3) is 0.231. The van der Waals surface area contributed by atoms with Crippen molar-refractivity contribution in [2.45, 2.75) is 19.9 Å². The molecule has 0 bridgehead atoms. The van der Waals surface area contributed by atoms with Gasteiger partial charge in [0.1, 0.15) is 6.54 Å². The van der Waals surface area contributed by atoms with Crippen LogP contribution in [0.25, 0.3) is 22.1 Å². The van der Waals surface area contributed by atoms with Gasteiger partial charge in [-0.3, -0.25) is 0 Å². The second-order valence-electron chi connectivity index (χ2n) is 3.92. The lowest BCUT2D eigenvalue weighted by molar-refractivity contribution is -0.695. The minimum atomic E-state index is 0.715. The van der Waals surface area contributed by atoms with Crippen molar-refractivity contribution in [3.63, 3.8) is 0 Å². The van der Waals surface area contributed by atoms with Crippen LogP contribution in [0.15, 0.2) is 41.2 Å². The van der Waals surface area contributed by atoms with Gasteiger partial charge in [0.15, 0.2) is 6.20 Å². The van der Waals surface area contributed by atoms with E-state index in [4.69, 9.17) is 4.42 Å². The third kappa shape index (κ3) is 1.36. The lowest BCUT2D eigenvalue weighted by atomic mass is 10.2. The summed E-state index contributed by atoms with van der Waals surface area (Å²) in [5.74, 6) is 0. The van der Waals surface area contributed by atoms with Gasteiger partial charge in [-0.2, -0.15) is 0 Å². The third-order valence-corrected chi connectivity index (χ3v) is 2.73. The maximum absolute atomic E-state index is 5.71. The van der Waals surface area contributed by atoms with Crippen LogP contribution in [-0.4, -0.2) is 4.98 Å². The van der Waals surface area contributed by atoms with E-state index in [-0.39, 0.29) is 0 Å². The number of fused-ring (bicyclic) bond motifs is 3. The molecule has 0 N–H and O–H groups in total. The Bertz CT molecular complexity index is 643. The van der Waals surface area contributed by atoms with Gasteiger partial charge in [-0.25, -0.2) is 9.55 Å². The Kier molecular flexibility index (Phi) is 2.10. The molecular formula is C13H13N2O+. The predicted octanol–water partition coefficient (Wildman–Crippen LogP) is 2.68. The lowest BCUT2D eigenvalue weighted by Gasteiger charge is -1.92. The predicted molar refractivity (Wildman–Crippen MR) is 62.0 cm³/mol. The number of hydrogen-bond donors (Lipinski definition) is 0. The fourth-order valence-corrected chi connectivity index (χ4v) is 2.00. The molecule has 0 atom stereocenters. The summed E-state index contributed by atoms with van der Waals surface area (Å²) in [4.78, 5) is 4.22. The van der Waals surface area contributed by atoms with Crippen molar-refractivity contribution in [3.8, 4) is 0 Å². The lowest BCUT2D eigenvalue weighted by Crippen LogP contribution is -2.31. The van der Waals surface area contributed by atoms with Crippen LogP contribution in [0.2, 0.25) is 0 Å². The van der Waals surface area contributed by atoms with Gasteiger partial charge in [-0.05, 0) is 12.1 Å². The molecule has 0 aliphatic heterocycles.